The monoisotopic (exact) mass is 433 g/mol. The van der Waals surface area contributed by atoms with Crippen LogP contribution in [0.4, 0.5) is 0 Å². The summed E-state index contributed by atoms with van der Waals surface area (Å²) in [5.74, 6) is 0.633. The number of hydrogen-bond donors (Lipinski definition) is 1. The number of carbonyl (C=O) groups is 2. The Balaban J connectivity index is 1.33. The molecule has 1 N–H and O–H groups in total. The number of amides is 2. The van der Waals surface area contributed by atoms with Gasteiger partial charge in [0.25, 0.3) is 5.91 Å². The van der Waals surface area contributed by atoms with Crippen LogP contribution < -0.4 is 0 Å². The number of likely N-dealkylation sites (tertiary alicyclic amines) is 1. The summed E-state index contributed by atoms with van der Waals surface area (Å²) in [4.78, 5) is 42.1. The summed E-state index contributed by atoms with van der Waals surface area (Å²) in [7, 11) is 0. The van der Waals surface area contributed by atoms with Crippen LogP contribution in [-0.4, -0.2) is 69.4 Å². The van der Waals surface area contributed by atoms with Crippen molar-refractivity contribution in [3.63, 3.8) is 0 Å². The molecule has 1 aromatic carbocycles. The zero-order valence-corrected chi connectivity index (χ0v) is 18.2. The van der Waals surface area contributed by atoms with Gasteiger partial charge in [-0.3, -0.25) is 9.59 Å². The number of hydrogen-bond acceptors (Lipinski definition) is 5. The minimum atomic E-state index is -0.154. The van der Waals surface area contributed by atoms with Gasteiger partial charge < -0.3 is 19.5 Å². The number of aryl methyl sites for hydroxylation is 1. The summed E-state index contributed by atoms with van der Waals surface area (Å²) in [6.07, 6.45) is 5.63. The highest BCUT2D eigenvalue weighted by molar-refractivity contribution is 5.95. The highest BCUT2D eigenvalue weighted by atomic mass is 16.5. The van der Waals surface area contributed by atoms with Crippen molar-refractivity contribution in [1.29, 1.82) is 0 Å². The number of carbonyl (C=O) groups excluding carboxylic acids is 2. The van der Waals surface area contributed by atoms with E-state index in [1.165, 1.54) is 0 Å². The molecule has 32 heavy (non-hydrogen) atoms. The zero-order valence-electron chi connectivity index (χ0n) is 18.2. The molecule has 166 valence electrons. The lowest BCUT2D eigenvalue weighted by Gasteiger charge is -2.27. The van der Waals surface area contributed by atoms with Crippen LogP contribution in [0.5, 0.6) is 0 Å². The lowest BCUT2D eigenvalue weighted by atomic mass is 10.1. The van der Waals surface area contributed by atoms with Gasteiger partial charge in [0.15, 0.2) is 5.82 Å². The molecule has 5 rings (SSSR count). The molecule has 2 saturated heterocycles. The molecule has 0 unspecified atom stereocenters. The van der Waals surface area contributed by atoms with E-state index < -0.39 is 0 Å². The third-order valence-corrected chi connectivity index (χ3v) is 6.41. The van der Waals surface area contributed by atoms with Crippen LogP contribution in [0.2, 0.25) is 0 Å². The van der Waals surface area contributed by atoms with Crippen LogP contribution in [0, 0.1) is 6.92 Å². The first-order valence-electron chi connectivity index (χ1n) is 11.2. The molecule has 8 heteroatoms. The first-order chi connectivity index (χ1) is 15.6. The van der Waals surface area contributed by atoms with E-state index in [9.17, 15) is 9.59 Å². The summed E-state index contributed by atoms with van der Waals surface area (Å²) in [6, 6.07) is 7.86. The van der Waals surface area contributed by atoms with Gasteiger partial charge >= 0.3 is 0 Å². The van der Waals surface area contributed by atoms with Gasteiger partial charge in [0.05, 0.1) is 36.9 Å². The van der Waals surface area contributed by atoms with Crippen LogP contribution in [-0.2, 0) is 16.0 Å². The molecule has 2 aliphatic rings. The Morgan fingerprint density at radius 3 is 2.81 bits per heavy atom. The average Bonchev–Trinajstić information content (AvgIpc) is 3.47. The Hall–Kier alpha value is -3.26. The van der Waals surface area contributed by atoms with E-state index in [4.69, 9.17) is 4.74 Å². The second kappa shape index (κ2) is 8.70. The maximum Gasteiger partial charge on any atom is 0.257 e. The minimum Gasteiger partial charge on any atom is -0.378 e. The highest BCUT2D eigenvalue weighted by Crippen LogP contribution is 2.31. The molecule has 0 radical (unpaired) electrons. The van der Waals surface area contributed by atoms with Crippen molar-refractivity contribution in [2.45, 2.75) is 32.2 Å². The smallest absolute Gasteiger partial charge is 0.257 e. The van der Waals surface area contributed by atoms with E-state index in [0.29, 0.717) is 56.4 Å². The maximum atomic E-state index is 13.2. The van der Waals surface area contributed by atoms with Crippen molar-refractivity contribution in [3.8, 4) is 0 Å². The molecule has 2 aliphatic heterocycles. The number of benzene rings is 1. The van der Waals surface area contributed by atoms with Gasteiger partial charge in [0, 0.05) is 42.9 Å². The Bertz CT molecular complexity index is 1150. The van der Waals surface area contributed by atoms with Crippen molar-refractivity contribution in [2.75, 3.05) is 32.8 Å². The predicted molar refractivity (Wildman–Crippen MR) is 119 cm³/mol. The van der Waals surface area contributed by atoms with Gasteiger partial charge in [-0.15, -0.1) is 0 Å². The zero-order chi connectivity index (χ0) is 22.1. The molecule has 0 bridgehead atoms. The first kappa shape index (κ1) is 20.6. The number of aromatic amines is 1. The standard InChI is InChI=1S/C24H27N5O3/c1-16-19(24(31)28-9-11-32-12-10-28)15-26-23(27-16)21-7-4-8-29(21)22(30)13-17-14-25-20-6-3-2-5-18(17)20/h2-3,5-6,14-15,21,25H,4,7-13H2,1H3/t21-/m1/s1. The van der Waals surface area contributed by atoms with Crippen molar-refractivity contribution in [2.24, 2.45) is 0 Å². The van der Waals surface area contributed by atoms with E-state index in [0.717, 1.165) is 29.3 Å². The van der Waals surface area contributed by atoms with E-state index in [1.54, 1.807) is 11.1 Å². The van der Waals surface area contributed by atoms with Crippen molar-refractivity contribution in [3.05, 3.63) is 59.3 Å². The van der Waals surface area contributed by atoms with Crippen LogP contribution in [0.3, 0.4) is 0 Å². The Kier molecular flexibility index (Phi) is 5.61. The van der Waals surface area contributed by atoms with E-state index in [2.05, 4.69) is 15.0 Å². The molecular weight excluding hydrogens is 406 g/mol. The minimum absolute atomic E-state index is 0.0592. The van der Waals surface area contributed by atoms with E-state index >= 15 is 0 Å². The van der Waals surface area contributed by atoms with Crippen LogP contribution in [0.25, 0.3) is 10.9 Å². The third kappa shape index (κ3) is 3.86. The first-order valence-corrected chi connectivity index (χ1v) is 11.2. The number of para-hydroxylation sites is 1. The fraction of sp³-hybridized carbons (Fsp3) is 0.417. The number of aromatic nitrogens is 3. The molecule has 2 aromatic heterocycles. The van der Waals surface area contributed by atoms with Crippen molar-refractivity contribution in [1.82, 2.24) is 24.8 Å². The number of nitrogens with one attached hydrogen (secondary N) is 1. The number of fused-ring (bicyclic) bond motifs is 1. The topological polar surface area (TPSA) is 91.4 Å². The quantitative estimate of drug-likeness (QED) is 0.683. The SMILES string of the molecule is Cc1nc([C@H]2CCCN2C(=O)Cc2c[nH]c3ccccc23)ncc1C(=O)N1CCOCC1. The van der Waals surface area contributed by atoms with Crippen molar-refractivity contribution < 1.29 is 14.3 Å². The second-order valence-electron chi connectivity index (χ2n) is 8.41. The summed E-state index contributed by atoms with van der Waals surface area (Å²) >= 11 is 0. The molecule has 0 aliphatic carbocycles. The van der Waals surface area contributed by atoms with Crippen molar-refractivity contribution >= 4 is 22.7 Å². The Morgan fingerprint density at radius 2 is 2.00 bits per heavy atom. The second-order valence-corrected chi connectivity index (χ2v) is 8.41. The molecule has 4 heterocycles. The average molecular weight is 434 g/mol. The summed E-state index contributed by atoms with van der Waals surface area (Å²) in [5, 5.41) is 1.08. The summed E-state index contributed by atoms with van der Waals surface area (Å²) in [6.45, 7) is 4.81. The number of rotatable bonds is 4. The number of nitrogens with zero attached hydrogens (tertiary/aromatic N) is 4. The van der Waals surface area contributed by atoms with Gasteiger partial charge in [-0.25, -0.2) is 9.97 Å². The van der Waals surface area contributed by atoms with Crippen LogP contribution in [0.1, 0.15) is 46.3 Å². The van der Waals surface area contributed by atoms with Gasteiger partial charge in [-0.1, -0.05) is 18.2 Å². The fourth-order valence-corrected chi connectivity index (χ4v) is 4.67. The summed E-state index contributed by atoms with van der Waals surface area (Å²) < 4.78 is 5.33. The normalized spacial score (nSPS) is 19.0. The number of morpholine rings is 1. The van der Waals surface area contributed by atoms with Crippen LogP contribution in [0.15, 0.2) is 36.7 Å². The van der Waals surface area contributed by atoms with Crippen LogP contribution >= 0.6 is 0 Å². The van der Waals surface area contributed by atoms with E-state index in [1.807, 2.05) is 42.3 Å². The lowest BCUT2D eigenvalue weighted by Crippen LogP contribution is -2.41. The molecular formula is C24H27N5O3. The van der Waals surface area contributed by atoms with Gasteiger partial charge in [-0.05, 0) is 31.4 Å². The highest BCUT2D eigenvalue weighted by Gasteiger charge is 2.33. The third-order valence-electron chi connectivity index (χ3n) is 6.41. The lowest BCUT2D eigenvalue weighted by molar-refractivity contribution is -0.131. The predicted octanol–water partition coefficient (Wildman–Crippen LogP) is 2.64. The Labute approximate surface area is 186 Å². The number of H-pyrrole nitrogens is 1. The molecule has 0 spiro atoms. The van der Waals surface area contributed by atoms with Gasteiger partial charge in [0.2, 0.25) is 5.91 Å². The molecule has 2 fully saturated rings. The fourth-order valence-electron chi connectivity index (χ4n) is 4.67. The molecule has 1 atom stereocenters. The van der Waals surface area contributed by atoms with E-state index in [-0.39, 0.29) is 17.9 Å². The van der Waals surface area contributed by atoms with Gasteiger partial charge in [0.1, 0.15) is 0 Å². The summed E-state index contributed by atoms with van der Waals surface area (Å²) in [5.41, 5.74) is 3.21. The maximum absolute atomic E-state index is 13.2. The van der Waals surface area contributed by atoms with Gasteiger partial charge in [-0.2, -0.15) is 0 Å². The molecule has 2 amide bonds. The largest absolute Gasteiger partial charge is 0.378 e. The molecule has 8 nitrogen and oxygen atoms in total. The number of ether oxygens (including phenoxy) is 1. The molecule has 3 aromatic rings. The Morgan fingerprint density at radius 1 is 1.19 bits per heavy atom. The molecule has 0 saturated carbocycles.